The van der Waals surface area contributed by atoms with E-state index < -0.39 is 20.6 Å². The average Bonchev–Trinajstić information content (AvgIpc) is 2.48. The van der Waals surface area contributed by atoms with E-state index in [9.17, 15) is 18.5 Å². The van der Waals surface area contributed by atoms with E-state index in [1.165, 1.54) is 6.07 Å². The van der Waals surface area contributed by atoms with E-state index in [4.69, 9.17) is 16.3 Å². The fourth-order valence-electron chi connectivity index (χ4n) is 2.36. The molecule has 128 valence electrons. The minimum atomic E-state index is -3.98. The predicted octanol–water partition coefficient (Wildman–Crippen LogP) is 1.25. The van der Waals surface area contributed by atoms with Crippen molar-refractivity contribution in [1.29, 1.82) is 0 Å². The van der Waals surface area contributed by atoms with Crippen molar-refractivity contribution < 1.29 is 18.1 Å². The molecule has 0 radical (unpaired) electrons. The molecule has 1 saturated heterocycles. The number of ether oxygens (including phenoxy) is 1. The van der Waals surface area contributed by atoms with Gasteiger partial charge < -0.3 is 4.74 Å². The lowest BCUT2D eigenvalue weighted by Crippen LogP contribution is -2.46. The summed E-state index contributed by atoms with van der Waals surface area (Å²) in [4.78, 5) is 12.0. The maximum absolute atomic E-state index is 12.3. The Bertz CT molecular complexity index is 682. The van der Waals surface area contributed by atoms with Gasteiger partial charge in [0.05, 0.1) is 18.1 Å². The first-order valence-corrected chi connectivity index (χ1v) is 8.93. The Balaban J connectivity index is 2.06. The van der Waals surface area contributed by atoms with E-state index in [0.29, 0.717) is 19.8 Å². The molecule has 1 fully saturated rings. The minimum Gasteiger partial charge on any atom is -0.379 e. The zero-order chi connectivity index (χ0) is 17.0. The summed E-state index contributed by atoms with van der Waals surface area (Å²) in [5.41, 5.74) is -0.537. The standard InChI is InChI=1S/C13H18ClN3O5S/c1-10-9-22-7-6-16(10)5-4-15-23(20,21)13-3-2-11(14)8-12(13)17(18)19/h2-3,8,10,15H,4-7,9H2,1H3/t10-/m0/s1. The summed E-state index contributed by atoms with van der Waals surface area (Å²) in [5.74, 6) is 0. The van der Waals surface area contributed by atoms with Crippen LogP contribution in [0.4, 0.5) is 5.69 Å². The fraction of sp³-hybridized carbons (Fsp3) is 0.538. The molecule has 23 heavy (non-hydrogen) atoms. The number of halogens is 1. The topological polar surface area (TPSA) is 102 Å². The molecule has 1 aliphatic rings. The summed E-state index contributed by atoms with van der Waals surface area (Å²) in [7, 11) is -3.98. The summed E-state index contributed by atoms with van der Waals surface area (Å²) in [6, 6.07) is 3.69. The SMILES string of the molecule is C[C@H]1COCCN1CCNS(=O)(=O)c1ccc(Cl)cc1[N+](=O)[O-]. The molecule has 0 amide bonds. The molecule has 1 atom stereocenters. The molecule has 0 aromatic heterocycles. The number of nitrogens with one attached hydrogen (secondary N) is 1. The highest BCUT2D eigenvalue weighted by Gasteiger charge is 2.26. The molecule has 1 heterocycles. The quantitative estimate of drug-likeness (QED) is 0.602. The summed E-state index contributed by atoms with van der Waals surface area (Å²) < 4.78 is 32.3. The van der Waals surface area contributed by atoms with Crippen LogP contribution in [0, 0.1) is 10.1 Å². The average molecular weight is 364 g/mol. The molecule has 1 aromatic rings. The summed E-state index contributed by atoms with van der Waals surface area (Å²) >= 11 is 5.69. The molecule has 2 rings (SSSR count). The highest BCUT2D eigenvalue weighted by atomic mass is 35.5. The Morgan fingerprint density at radius 1 is 1.52 bits per heavy atom. The Morgan fingerprint density at radius 2 is 2.26 bits per heavy atom. The Morgan fingerprint density at radius 3 is 2.91 bits per heavy atom. The summed E-state index contributed by atoms with van der Waals surface area (Å²) in [6.45, 7) is 4.61. The molecule has 0 bridgehead atoms. The first kappa shape index (κ1) is 18.1. The normalized spacial score (nSPS) is 19.7. The van der Waals surface area contributed by atoms with Gasteiger partial charge in [-0.25, -0.2) is 13.1 Å². The molecule has 8 nitrogen and oxygen atoms in total. The highest BCUT2D eigenvalue weighted by Crippen LogP contribution is 2.26. The molecular weight excluding hydrogens is 346 g/mol. The van der Waals surface area contributed by atoms with Crippen LogP contribution in [0.5, 0.6) is 0 Å². The number of hydrogen-bond donors (Lipinski definition) is 1. The van der Waals surface area contributed by atoms with Crippen molar-refractivity contribution >= 4 is 27.3 Å². The van der Waals surface area contributed by atoms with Crippen LogP contribution in [0.3, 0.4) is 0 Å². The van der Waals surface area contributed by atoms with E-state index in [1.54, 1.807) is 0 Å². The van der Waals surface area contributed by atoms with Gasteiger partial charge in [0, 0.05) is 36.8 Å². The van der Waals surface area contributed by atoms with Crippen LogP contribution >= 0.6 is 11.6 Å². The lowest BCUT2D eigenvalue weighted by molar-refractivity contribution is -0.387. The number of rotatable bonds is 6. The Labute approximate surface area is 139 Å². The third-order valence-electron chi connectivity index (χ3n) is 3.60. The largest absolute Gasteiger partial charge is 0.379 e. The van der Waals surface area contributed by atoms with Gasteiger partial charge in [-0.2, -0.15) is 0 Å². The van der Waals surface area contributed by atoms with Crippen LogP contribution in [0.1, 0.15) is 6.92 Å². The van der Waals surface area contributed by atoms with E-state index in [1.807, 2.05) is 6.92 Å². The highest BCUT2D eigenvalue weighted by molar-refractivity contribution is 7.89. The van der Waals surface area contributed by atoms with Gasteiger partial charge in [-0.1, -0.05) is 11.6 Å². The smallest absolute Gasteiger partial charge is 0.290 e. The van der Waals surface area contributed by atoms with E-state index in [-0.39, 0.29) is 22.5 Å². The Kier molecular flexibility index (Phi) is 5.93. The second kappa shape index (κ2) is 7.54. The van der Waals surface area contributed by atoms with Crippen LogP contribution in [0.15, 0.2) is 23.1 Å². The number of nitro groups is 1. The molecule has 0 unspecified atom stereocenters. The van der Waals surface area contributed by atoms with Crippen molar-refractivity contribution in [2.75, 3.05) is 32.8 Å². The molecular formula is C13H18ClN3O5S. The van der Waals surface area contributed by atoms with Gasteiger partial charge in [0.15, 0.2) is 4.90 Å². The third-order valence-corrected chi connectivity index (χ3v) is 5.35. The third kappa shape index (κ3) is 4.61. The molecule has 0 aliphatic carbocycles. The van der Waals surface area contributed by atoms with Crippen molar-refractivity contribution in [2.45, 2.75) is 17.9 Å². The maximum Gasteiger partial charge on any atom is 0.290 e. The number of sulfonamides is 1. The lowest BCUT2D eigenvalue weighted by atomic mass is 10.2. The van der Waals surface area contributed by atoms with Gasteiger partial charge in [-0.3, -0.25) is 15.0 Å². The monoisotopic (exact) mass is 363 g/mol. The zero-order valence-electron chi connectivity index (χ0n) is 12.6. The molecule has 1 N–H and O–H groups in total. The van der Waals surface area contributed by atoms with Crippen LogP contribution in [0.25, 0.3) is 0 Å². The van der Waals surface area contributed by atoms with E-state index >= 15 is 0 Å². The lowest BCUT2D eigenvalue weighted by Gasteiger charge is -2.33. The molecule has 0 spiro atoms. The van der Waals surface area contributed by atoms with Crippen molar-refractivity contribution in [3.05, 3.63) is 33.3 Å². The van der Waals surface area contributed by atoms with Crippen LogP contribution in [0.2, 0.25) is 5.02 Å². The van der Waals surface area contributed by atoms with Crippen LogP contribution in [-0.4, -0.2) is 57.1 Å². The number of nitrogens with zero attached hydrogens (tertiary/aromatic N) is 2. The van der Waals surface area contributed by atoms with Gasteiger partial charge in [0.1, 0.15) is 0 Å². The van der Waals surface area contributed by atoms with Crippen molar-refractivity contribution in [3.63, 3.8) is 0 Å². The molecule has 10 heteroatoms. The van der Waals surface area contributed by atoms with Crippen LogP contribution < -0.4 is 4.72 Å². The van der Waals surface area contributed by atoms with Gasteiger partial charge in [-0.15, -0.1) is 0 Å². The van der Waals surface area contributed by atoms with Crippen molar-refractivity contribution in [1.82, 2.24) is 9.62 Å². The second-order valence-corrected chi connectivity index (χ2v) is 7.40. The van der Waals surface area contributed by atoms with E-state index in [0.717, 1.165) is 18.7 Å². The van der Waals surface area contributed by atoms with Crippen LogP contribution in [-0.2, 0) is 14.8 Å². The van der Waals surface area contributed by atoms with Gasteiger partial charge in [-0.05, 0) is 19.1 Å². The molecule has 1 aromatic carbocycles. The second-order valence-electron chi connectivity index (χ2n) is 5.23. The maximum atomic E-state index is 12.3. The molecule has 0 saturated carbocycles. The molecule has 1 aliphatic heterocycles. The van der Waals surface area contributed by atoms with E-state index in [2.05, 4.69) is 9.62 Å². The number of benzene rings is 1. The van der Waals surface area contributed by atoms with Gasteiger partial charge in [0.25, 0.3) is 5.69 Å². The van der Waals surface area contributed by atoms with Crippen molar-refractivity contribution in [3.8, 4) is 0 Å². The minimum absolute atomic E-state index is 0.109. The number of morpholine rings is 1. The van der Waals surface area contributed by atoms with Gasteiger partial charge in [0.2, 0.25) is 10.0 Å². The van der Waals surface area contributed by atoms with Gasteiger partial charge >= 0.3 is 0 Å². The first-order chi connectivity index (χ1) is 10.8. The first-order valence-electron chi connectivity index (χ1n) is 7.06. The number of hydrogen-bond acceptors (Lipinski definition) is 6. The number of nitro benzene ring substituents is 1. The fourth-order valence-corrected chi connectivity index (χ4v) is 3.69. The predicted molar refractivity (Wildman–Crippen MR) is 85.1 cm³/mol. The Hall–Kier alpha value is -1.26. The summed E-state index contributed by atoms with van der Waals surface area (Å²) in [5, 5.41) is 11.1. The van der Waals surface area contributed by atoms with Crippen molar-refractivity contribution in [2.24, 2.45) is 0 Å². The zero-order valence-corrected chi connectivity index (χ0v) is 14.1. The summed E-state index contributed by atoms with van der Waals surface area (Å²) in [6.07, 6.45) is 0.